The lowest BCUT2D eigenvalue weighted by atomic mass is 10.2. The topological polar surface area (TPSA) is 73.4 Å². The summed E-state index contributed by atoms with van der Waals surface area (Å²) in [4.78, 5) is 28.8. The second kappa shape index (κ2) is 4.87. The van der Waals surface area contributed by atoms with Crippen LogP contribution in [0, 0.1) is 11.8 Å². The van der Waals surface area contributed by atoms with Gasteiger partial charge in [-0.2, -0.15) is 0 Å². The van der Waals surface area contributed by atoms with E-state index in [0.717, 1.165) is 29.4 Å². The SMILES string of the molecule is O=C(O)[C@@H]1C[C@H]1C(=O)N(Cc1cc2ccccc2[nH]1)C1CC1. The minimum Gasteiger partial charge on any atom is -0.481 e. The Morgan fingerprint density at radius 1 is 1.23 bits per heavy atom. The smallest absolute Gasteiger partial charge is 0.307 e. The molecule has 0 radical (unpaired) electrons. The Balaban J connectivity index is 1.53. The predicted molar refractivity (Wildman–Crippen MR) is 81.1 cm³/mol. The molecule has 114 valence electrons. The van der Waals surface area contributed by atoms with E-state index in [1.54, 1.807) is 0 Å². The van der Waals surface area contributed by atoms with Gasteiger partial charge in [0.05, 0.1) is 18.4 Å². The summed E-state index contributed by atoms with van der Waals surface area (Å²) in [5.41, 5.74) is 2.07. The minimum absolute atomic E-state index is 0.00792. The molecule has 1 amide bonds. The van der Waals surface area contributed by atoms with E-state index in [-0.39, 0.29) is 17.9 Å². The van der Waals surface area contributed by atoms with E-state index in [1.165, 1.54) is 0 Å². The number of hydrogen-bond acceptors (Lipinski definition) is 2. The Morgan fingerprint density at radius 3 is 2.64 bits per heavy atom. The lowest BCUT2D eigenvalue weighted by Gasteiger charge is -2.22. The van der Waals surface area contributed by atoms with Crippen LogP contribution in [0.25, 0.3) is 10.9 Å². The van der Waals surface area contributed by atoms with Crippen LogP contribution in [0.1, 0.15) is 25.0 Å². The number of nitrogens with zero attached hydrogens (tertiary/aromatic N) is 1. The molecule has 0 unspecified atom stereocenters. The largest absolute Gasteiger partial charge is 0.481 e. The maximum absolute atomic E-state index is 12.6. The Kier molecular flexibility index (Phi) is 2.96. The van der Waals surface area contributed by atoms with Crippen molar-refractivity contribution in [2.45, 2.75) is 31.8 Å². The highest BCUT2D eigenvalue weighted by molar-refractivity contribution is 5.90. The van der Waals surface area contributed by atoms with Gasteiger partial charge in [0, 0.05) is 17.3 Å². The second-order valence-corrected chi connectivity index (χ2v) is 6.37. The molecule has 1 heterocycles. The zero-order valence-electron chi connectivity index (χ0n) is 12.2. The molecule has 2 aliphatic rings. The molecule has 2 saturated carbocycles. The van der Waals surface area contributed by atoms with Crippen LogP contribution in [0.3, 0.4) is 0 Å². The summed E-state index contributed by atoms with van der Waals surface area (Å²) in [6.07, 6.45) is 2.54. The molecular weight excluding hydrogens is 280 g/mol. The molecule has 1 aromatic carbocycles. The van der Waals surface area contributed by atoms with Gasteiger partial charge >= 0.3 is 5.97 Å². The van der Waals surface area contributed by atoms with Crippen molar-refractivity contribution in [3.05, 3.63) is 36.0 Å². The molecule has 2 atom stereocenters. The molecule has 0 spiro atoms. The van der Waals surface area contributed by atoms with Gasteiger partial charge in [0.25, 0.3) is 0 Å². The van der Waals surface area contributed by atoms with Gasteiger partial charge in [-0.25, -0.2) is 0 Å². The van der Waals surface area contributed by atoms with Crippen molar-refractivity contribution in [2.75, 3.05) is 0 Å². The van der Waals surface area contributed by atoms with E-state index in [9.17, 15) is 9.59 Å². The summed E-state index contributed by atoms with van der Waals surface area (Å²) in [7, 11) is 0. The third-order valence-corrected chi connectivity index (χ3v) is 4.62. The van der Waals surface area contributed by atoms with Gasteiger partial charge in [0.2, 0.25) is 5.91 Å². The number of fused-ring (bicyclic) bond motifs is 1. The van der Waals surface area contributed by atoms with Crippen LogP contribution >= 0.6 is 0 Å². The highest BCUT2D eigenvalue weighted by Gasteiger charge is 2.51. The van der Waals surface area contributed by atoms with Crippen molar-refractivity contribution in [1.82, 2.24) is 9.88 Å². The molecule has 22 heavy (non-hydrogen) atoms. The number of hydrogen-bond donors (Lipinski definition) is 2. The van der Waals surface area contributed by atoms with Gasteiger partial charge in [0.15, 0.2) is 0 Å². The Hall–Kier alpha value is -2.30. The summed E-state index contributed by atoms with van der Waals surface area (Å²) in [6.45, 7) is 0.543. The quantitative estimate of drug-likeness (QED) is 0.890. The van der Waals surface area contributed by atoms with E-state index in [0.29, 0.717) is 13.0 Å². The normalized spacial score (nSPS) is 23.5. The summed E-state index contributed by atoms with van der Waals surface area (Å²) in [6, 6.07) is 10.4. The van der Waals surface area contributed by atoms with Crippen molar-refractivity contribution in [1.29, 1.82) is 0 Å². The Bertz CT molecular complexity index is 714. The summed E-state index contributed by atoms with van der Waals surface area (Å²) >= 11 is 0. The minimum atomic E-state index is -0.847. The molecule has 0 saturated heterocycles. The summed E-state index contributed by atoms with van der Waals surface area (Å²) in [5, 5.41) is 10.2. The molecule has 2 aromatic rings. The molecule has 2 aliphatic carbocycles. The lowest BCUT2D eigenvalue weighted by Crippen LogP contribution is -2.34. The number of H-pyrrole nitrogens is 1. The van der Waals surface area contributed by atoms with Crippen molar-refractivity contribution >= 4 is 22.8 Å². The van der Waals surface area contributed by atoms with Gasteiger partial charge in [0.1, 0.15) is 0 Å². The van der Waals surface area contributed by atoms with Crippen LogP contribution in [-0.2, 0) is 16.1 Å². The maximum atomic E-state index is 12.6. The molecule has 4 rings (SSSR count). The van der Waals surface area contributed by atoms with E-state index >= 15 is 0 Å². The number of carbonyl (C=O) groups is 2. The zero-order valence-corrected chi connectivity index (χ0v) is 12.2. The highest BCUT2D eigenvalue weighted by atomic mass is 16.4. The maximum Gasteiger partial charge on any atom is 0.307 e. The number of nitrogens with one attached hydrogen (secondary N) is 1. The number of aromatic amines is 1. The first kappa shape index (κ1) is 13.4. The van der Waals surface area contributed by atoms with Crippen molar-refractivity contribution in [3.8, 4) is 0 Å². The monoisotopic (exact) mass is 298 g/mol. The molecule has 2 fully saturated rings. The van der Waals surface area contributed by atoms with Crippen LogP contribution in [-0.4, -0.2) is 32.9 Å². The van der Waals surface area contributed by atoms with Crippen molar-refractivity contribution in [2.24, 2.45) is 11.8 Å². The average molecular weight is 298 g/mol. The number of carboxylic acids is 1. The third-order valence-electron chi connectivity index (χ3n) is 4.62. The fourth-order valence-corrected chi connectivity index (χ4v) is 3.13. The van der Waals surface area contributed by atoms with Crippen molar-refractivity contribution < 1.29 is 14.7 Å². The van der Waals surface area contributed by atoms with Crippen LogP contribution in [0.2, 0.25) is 0 Å². The number of para-hydroxylation sites is 1. The first-order valence-corrected chi connectivity index (χ1v) is 7.73. The number of carbonyl (C=O) groups excluding carboxylic acids is 1. The number of carboxylic acid groups (broad SMARTS) is 1. The predicted octanol–water partition coefficient (Wildman–Crippen LogP) is 2.38. The summed E-state index contributed by atoms with van der Waals surface area (Å²) in [5.74, 6) is -1.63. The zero-order chi connectivity index (χ0) is 15.3. The average Bonchev–Trinajstić information content (AvgIpc) is 3.39. The van der Waals surface area contributed by atoms with E-state index in [4.69, 9.17) is 5.11 Å². The molecular formula is C17H18N2O3. The standard InChI is InChI=1S/C17H18N2O3/c20-16(13-8-14(13)17(21)22)19(12-5-6-12)9-11-7-10-3-1-2-4-15(10)18-11/h1-4,7,12-14,18H,5-6,8-9H2,(H,21,22)/t13-,14-/m1/s1. The van der Waals surface area contributed by atoms with E-state index in [2.05, 4.69) is 11.1 Å². The van der Waals surface area contributed by atoms with Crippen LogP contribution < -0.4 is 0 Å². The number of amides is 1. The van der Waals surface area contributed by atoms with Crippen LogP contribution in [0.4, 0.5) is 0 Å². The molecule has 5 heteroatoms. The first-order chi connectivity index (χ1) is 10.6. The van der Waals surface area contributed by atoms with Gasteiger partial charge in [-0.15, -0.1) is 0 Å². The van der Waals surface area contributed by atoms with E-state index in [1.807, 2.05) is 29.2 Å². The van der Waals surface area contributed by atoms with E-state index < -0.39 is 11.9 Å². The number of aromatic nitrogens is 1. The molecule has 5 nitrogen and oxygen atoms in total. The third kappa shape index (κ3) is 2.36. The highest BCUT2D eigenvalue weighted by Crippen LogP contribution is 2.42. The van der Waals surface area contributed by atoms with Gasteiger partial charge < -0.3 is 15.0 Å². The van der Waals surface area contributed by atoms with Crippen LogP contribution in [0.5, 0.6) is 0 Å². The van der Waals surface area contributed by atoms with Crippen LogP contribution in [0.15, 0.2) is 30.3 Å². The van der Waals surface area contributed by atoms with Gasteiger partial charge in [-0.05, 0) is 36.8 Å². The number of benzene rings is 1. The second-order valence-electron chi connectivity index (χ2n) is 6.37. The fourth-order valence-electron chi connectivity index (χ4n) is 3.13. The number of aliphatic carboxylic acids is 1. The lowest BCUT2D eigenvalue weighted by molar-refractivity contribution is -0.142. The number of rotatable bonds is 5. The Labute approximate surface area is 127 Å². The van der Waals surface area contributed by atoms with Gasteiger partial charge in [-0.3, -0.25) is 9.59 Å². The first-order valence-electron chi connectivity index (χ1n) is 7.73. The van der Waals surface area contributed by atoms with Crippen molar-refractivity contribution in [3.63, 3.8) is 0 Å². The molecule has 2 N–H and O–H groups in total. The molecule has 0 bridgehead atoms. The Morgan fingerprint density at radius 2 is 2.00 bits per heavy atom. The summed E-state index contributed by atoms with van der Waals surface area (Å²) < 4.78 is 0. The van der Waals surface area contributed by atoms with Gasteiger partial charge in [-0.1, -0.05) is 18.2 Å². The fraction of sp³-hybridized carbons (Fsp3) is 0.412. The molecule has 0 aliphatic heterocycles. The molecule has 1 aromatic heterocycles.